The minimum atomic E-state index is -0.283. The van der Waals surface area contributed by atoms with Crippen molar-refractivity contribution >= 4 is 11.7 Å². The number of carbonyl (C=O) groups is 1. The first-order valence-electron chi connectivity index (χ1n) is 6.73. The Labute approximate surface area is 124 Å². The number of aromatic nitrogens is 3. The number of nitrogens with zero attached hydrogens (tertiary/aromatic N) is 3. The van der Waals surface area contributed by atoms with Gasteiger partial charge in [0.25, 0.3) is 0 Å². The molecule has 2 aromatic heterocycles. The van der Waals surface area contributed by atoms with Gasteiger partial charge in [0, 0.05) is 11.9 Å². The minimum absolute atomic E-state index is 0.283. The molecule has 110 valence electrons. The molecule has 0 aromatic carbocycles. The molecule has 0 saturated heterocycles. The Morgan fingerprint density at radius 1 is 1.10 bits per heavy atom. The Kier molecular flexibility index (Phi) is 4.47. The lowest BCUT2D eigenvalue weighted by molar-refractivity contribution is 0.251. The molecule has 6 nitrogen and oxygen atoms in total. The van der Waals surface area contributed by atoms with Gasteiger partial charge >= 0.3 is 6.03 Å². The first-order valence-corrected chi connectivity index (χ1v) is 6.73. The van der Waals surface area contributed by atoms with Crippen LogP contribution in [0, 0.1) is 27.7 Å². The smallest absolute Gasteiger partial charge is 0.319 e. The maximum atomic E-state index is 11.9. The van der Waals surface area contributed by atoms with E-state index in [2.05, 4.69) is 25.6 Å². The fourth-order valence-electron chi connectivity index (χ4n) is 2.05. The number of amides is 2. The molecule has 0 atom stereocenters. The van der Waals surface area contributed by atoms with Gasteiger partial charge in [-0.1, -0.05) is 0 Å². The first kappa shape index (κ1) is 14.9. The number of aryl methyl sites for hydroxylation is 4. The molecule has 0 aliphatic heterocycles. The van der Waals surface area contributed by atoms with Crippen LogP contribution < -0.4 is 10.6 Å². The molecule has 0 aliphatic carbocycles. The molecule has 2 N–H and O–H groups in total. The summed E-state index contributed by atoms with van der Waals surface area (Å²) >= 11 is 0. The highest BCUT2D eigenvalue weighted by Gasteiger charge is 2.09. The van der Waals surface area contributed by atoms with Crippen LogP contribution >= 0.6 is 0 Å². The highest BCUT2D eigenvalue weighted by Crippen LogP contribution is 2.18. The van der Waals surface area contributed by atoms with Gasteiger partial charge in [-0.2, -0.15) is 0 Å². The number of urea groups is 1. The third-order valence-electron chi connectivity index (χ3n) is 3.03. The molecule has 2 aromatic rings. The van der Waals surface area contributed by atoms with Crippen LogP contribution in [0.1, 0.15) is 28.3 Å². The van der Waals surface area contributed by atoms with E-state index in [0.717, 1.165) is 28.3 Å². The van der Waals surface area contributed by atoms with E-state index in [1.807, 2.05) is 33.8 Å². The monoisotopic (exact) mass is 285 g/mol. The van der Waals surface area contributed by atoms with Crippen molar-refractivity contribution in [3.05, 3.63) is 46.8 Å². The second kappa shape index (κ2) is 6.30. The molecule has 0 fully saturated rings. The van der Waals surface area contributed by atoms with Crippen molar-refractivity contribution in [1.82, 2.24) is 20.3 Å². The van der Waals surface area contributed by atoms with Crippen LogP contribution in [0.4, 0.5) is 10.5 Å². The Bertz CT molecular complexity index is 629. The number of carbonyl (C=O) groups excluding carboxylic acids is 1. The van der Waals surface area contributed by atoms with Gasteiger partial charge in [0.05, 0.1) is 35.5 Å². The zero-order valence-corrected chi connectivity index (χ0v) is 12.7. The molecule has 0 saturated carbocycles. The van der Waals surface area contributed by atoms with Crippen LogP contribution in [0.2, 0.25) is 0 Å². The Hall–Kier alpha value is -2.50. The zero-order chi connectivity index (χ0) is 15.4. The third-order valence-corrected chi connectivity index (χ3v) is 3.03. The van der Waals surface area contributed by atoms with Crippen LogP contribution in [0.5, 0.6) is 0 Å². The summed E-state index contributed by atoms with van der Waals surface area (Å²) < 4.78 is 0. The van der Waals surface area contributed by atoms with Crippen LogP contribution in [0.15, 0.2) is 18.5 Å². The predicted molar refractivity (Wildman–Crippen MR) is 81.1 cm³/mol. The van der Waals surface area contributed by atoms with E-state index in [4.69, 9.17) is 0 Å². The summed E-state index contributed by atoms with van der Waals surface area (Å²) in [5.41, 5.74) is 5.04. The van der Waals surface area contributed by atoms with Gasteiger partial charge in [0.2, 0.25) is 0 Å². The fraction of sp³-hybridized carbons (Fsp3) is 0.333. The molecule has 6 heteroatoms. The standard InChI is InChI=1S/C15H19N5O/c1-9-5-10(2)19-12(4)14(9)20-15(21)18-8-13-7-16-11(3)6-17-13/h5-7H,8H2,1-4H3,(H2,18,20,21). The first-order chi connectivity index (χ1) is 9.95. The van der Waals surface area contributed by atoms with Crippen LogP contribution in [-0.4, -0.2) is 21.0 Å². The molecule has 0 aliphatic rings. The molecular formula is C15H19N5O. The van der Waals surface area contributed by atoms with E-state index in [9.17, 15) is 4.79 Å². The van der Waals surface area contributed by atoms with Gasteiger partial charge in [-0.15, -0.1) is 0 Å². The lowest BCUT2D eigenvalue weighted by Gasteiger charge is -2.12. The highest BCUT2D eigenvalue weighted by atomic mass is 16.2. The Morgan fingerprint density at radius 2 is 1.86 bits per heavy atom. The number of hydrogen-bond acceptors (Lipinski definition) is 4. The molecule has 21 heavy (non-hydrogen) atoms. The van der Waals surface area contributed by atoms with Crippen molar-refractivity contribution < 1.29 is 4.79 Å². The summed E-state index contributed by atoms with van der Waals surface area (Å²) in [6, 6.07) is 1.66. The van der Waals surface area contributed by atoms with Crippen molar-refractivity contribution in [3.8, 4) is 0 Å². The quantitative estimate of drug-likeness (QED) is 0.907. The van der Waals surface area contributed by atoms with Crippen molar-refractivity contribution in [2.24, 2.45) is 0 Å². The van der Waals surface area contributed by atoms with E-state index in [0.29, 0.717) is 12.2 Å². The van der Waals surface area contributed by atoms with Crippen LogP contribution in [0.3, 0.4) is 0 Å². The summed E-state index contributed by atoms with van der Waals surface area (Å²) in [6.45, 7) is 7.95. The lowest BCUT2D eigenvalue weighted by atomic mass is 10.1. The number of hydrogen-bond donors (Lipinski definition) is 2. The second-order valence-electron chi connectivity index (χ2n) is 5.00. The third kappa shape index (κ3) is 3.98. The normalized spacial score (nSPS) is 10.3. The zero-order valence-electron chi connectivity index (χ0n) is 12.7. The number of pyridine rings is 1. The van der Waals surface area contributed by atoms with E-state index in [-0.39, 0.29) is 6.03 Å². The molecule has 0 unspecified atom stereocenters. The average Bonchev–Trinajstić information content (AvgIpc) is 2.42. The van der Waals surface area contributed by atoms with Crippen molar-refractivity contribution in [2.45, 2.75) is 34.2 Å². The van der Waals surface area contributed by atoms with Crippen LogP contribution in [0.25, 0.3) is 0 Å². The maximum absolute atomic E-state index is 11.9. The van der Waals surface area contributed by atoms with Gasteiger partial charge in [-0.3, -0.25) is 15.0 Å². The average molecular weight is 285 g/mol. The second-order valence-corrected chi connectivity index (χ2v) is 5.00. The lowest BCUT2D eigenvalue weighted by Crippen LogP contribution is -2.29. The van der Waals surface area contributed by atoms with Crippen molar-refractivity contribution in [2.75, 3.05) is 5.32 Å². The predicted octanol–water partition coefficient (Wildman–Crippen LogP) is 2.43. The van der Waals surface area contributed by atoms with E-state index in [1.54, 1.807) is 12.4 Å². The summed E-state index contributed by atoms with van der Waals surface area (Å²) in [5, 5.41) is 5.58. The molecule has 2 heterocycles. The highest BCUT2D eigenvalue weighted by molar-refractivity contribution is 5.90. The summed E-state index contributed by atoms with van der Waals surface area (Å²) in [7, 11) is 0. The van der Waals surface area contributed by atoms with E-state index in [1.165, 1.54) is 0 Å². The molecular weight excluding hydrogens is 266 g/mol. The van der Waals surface area contributed by atoms with E-state index < -0.39 is 0 Å². The largest absolute Gasteiger partial charge is 0.332 e. The SMILES string of the molecule is Cc1cnc(CNC(=O)Nc2c(C)cc(C)nc2C)cn1. The Morgan fingerprint density at radius 3 is 2.48 bits per heavy atom. The van der Waals surface area contributed by atoms with Gasteiger partial charge in [-0.05, 0) is 39.3 Å². The summed E-state index contributed by atoms with van der Waals surface area (Å²) in [4.78, 5) is 24.6. The van der Waals surface area contributed by atoms with Crippen molar-refractivity contribution in [1.29, 1.82) is 0 Å². The minimum Gasteiger partial charge on any atom is -0.332 e. The van der Waals surface area contributed by atoms with Crippen molar-refractivity contribution in [3.63, 3.8) is 0 Å². The number of nitrogens with one attached hydrogen (secondary N) is 2. The Balaban J connectivity index is 1.97. The molecule has 2 rings (SSSR count). The number of rotatable bonds is 3. The van der Waals surface area contributed by atoms with Gasteiger partial charge in [0.1, 0.15) is 0 Å². The van der Waals surface area contributed by atoms with E-state index >= 15 is 0 Å². The fourth-order valence-corrected chi connectivity index (χ4v) is 2.05. The molecule has 2 amide bonds. The van der Waals surface area contributed by atoms with Gasteiger partial charge in [0.15, 0.2) is 0 Å². The summed E-state index contributed by atoms with van der Waals surface area (Å²) in [5.74, 6) is 0. The number of anilines is 1. The molecule has 0 spiro atoms. The van der Waals surface area contributed by atoms with Gasteiger partial charge < -0.3 is 10.6 Å². The van der Waals surface area contributed by atoms with Gasteiger partial charge in [-0.25, -0.2) is 4.79 Å². The van der Waals surface area contributed by atoms with Crippen LogP contribution in [-0.2, 0) is 6.54 Å². The summed E-state index contributed by atoms with van der Waals surface area (Å²) in [6.07, 6.45) is 3.33. The maximum Gasteiger partial charge on any atom is 0.319 e. The topological polar surface area (TPSA) is 79.8 Å². The molecule has 0 bridgehead atoms. The molecule has 0 radical (unpaired) electrons.